The summed E-state index contributed by atoms with van der Waals surface area (Å²) in [4.78, 5) is 11.9. The predicted molar refractivity (Wildman–Crippen MR) is 69.2 cm³/mol. The van der Waals surface area contributed by atoms with Gasteiger partial charge >= 0.3 is 0 Å². The van der Waals surface area contributed by atoms with Crippen LogP contribution in [-0.4, -0.2) is 19.7 Å². The zero-order valence-electron chi connectivity index (χ0n) is 10.4. The monoisotopic (exact) mass is 256 g/mol. The van der Waals surface area contributed by atoms with Crippen LogP contribution in [0.15, 0.2) is 53.5 Å². The van der Waals surface area contributed by atoms with E-state index >= 15 is 0 Å². The summed E-state index contributed by atoms with van der Waals surface area (Å²) in [5.41, 5.74) is 1.51. The number of hydrogen-bond donors (Lipinski definition) is 0. The van der Waals surface area contributed by atoms with E-state index in [4.69, 9.17) is 14.2 Å². The fraction of sp³-hybridized carbons (Fsp3) is 0.133. The second-order valence-corrected chi connectivity index (χ2v) is 4.16. The second kappa shape index (κ2) is 4.65. The van der Waals surface area contributed by atoms with Crippen molar-refractivity contribution in [3.8, 4) is 5.75 Å². The maximum Gasteiger partial charge on any atom is 0.231 e. The molecule has 1 saturated heterocycles. The van der Waals surface area contributed by atoms with Gasteiger partial charge in [0.15, 0.2) is 17.3 Å². The number of benzene rings is 1. The van der Waals surface area contributed by atoms with Gasteiger partial charge in [-0.05, 0) is 29.8 Å². The van der Waals surface area contributed by atoms with E-state index in [2.05, 4.69) is 0 Å². The van der Waals surface area contributed by atoms with Crippen molar-refractivity contribution in [2.24, 2.45) is 0 Å². The first-order valence-electron chi connectivity index (χ1n) is 5.86. The fourth-order valence-electron chi connectivity index (χ4n) is 1.93. The summed E-state index contributed by atoms with van der Waals surface area (Å²) in [6, 6.07) is 7.48. The minimum absolute atomic E-state index is 0.0833. The van der Waals surface area contributed by atoms with E-state index < -0.39 is 0 Å². The lowest BCUT2D eigenvalue weighted by molar-refractivity contribution is -0.111. The molecular formula is C15H12O4. The standard InChI is InChI=1S/C15H12O4/c1-17-12-4-2-10(3-5-12)6-11-7-14-15(8-13(11)16)19-9-18-14/h2-8H,9H2,1H3/b11-6+. The third-order valence-corrected chi connectivity index (χ3v) is 2.94. The Hall–Kier alpha value is -2.49. The molecule has 1 aromatic rings. The minimum Gasteiger partial charge on any atom is -0.497 e. The molecular weight excluding hydrogens is 244 g/mol. The molecule has 96 valence electrons. The Bertz CT molecular complexity index is 606. The smallest absolute Gasteiger partial charge is 0.231 e. The van der Waals surface area contributed by atoms with Gasteiger partial charge in [0.1, 0.15) is 5.75 Å². The summed E-state index contributed by atoms with van der Waals surface area (Å²) < 4.78 is 15.5. The summed E-state index contributed by atoms with van der Waals surface area (Å²) in [7, 11) is 1.62. The number of carbonyl (C=O) groups is 1. The average molecular weight is 256 g/mol. The third kappa shape index (κ3) is 2.25. The van der Waals surface area contributed by atoms with Gasteiger partial charge < -0.3 is 14.2 Å². The first-order chi connectivity index (χ1) is 9.26. The molecule has 0 saturated carbocycles. The summed E-state index contributed by atoms with van der Waals surface area (Å²) in [6.07, 6.45) is 4.97. The predicted octanol–water partition coefficient (Wildman–Crippen LogP) is 2.43. The van der Waals surface area contributed by atoms with Crippen molar-refractivity contribution in [2.45, 2.75) is 0 Å². The van der Waals surface area contributed by atoms with E-state index in [1.165, 1.54) is 6.08 Å². The van der Waals surface area contributed by atoms with Gasteiger partial charge in [0.2, 0.25) is 6.79 Å². The molecule has 2 aliphatic rings. The SMILES string of the molecule is COc1ccc(/C=C2\C=C3OCOC3=CC2=O)cc1. The zero-order valence-corrected chi connectivity index (χ0v) is 10.4. The molecule has 1 aliphatic carbocycles. The van der Waals surface area contributed by atoms with Crippen molar-refractivity contribution >= 4 is 11.9 Å². The van der Waals surface area contributed by atoms with Crippen molar-refractivity contribution in [2.75, 3.05) is 13.9 Å². The van der Waals surface area contributed by atoms with Gasteiger partial charge in [-0.15, -0.1) is 0 Å². The molecule has 1 aliphatic heterocycles. The maximum atomic E-state index is 11.9. The Labute approximate surface area is 110 Å². The summed E-state index contributed by atoms with van der Waals surface area (Å²) in [5.74, 6) is 1.82. The Morgan fingerprint density at radius 1 is 1.11 bits per heavy atom. The Morgan fingerprint density at radius 3 is 2.47 bits per heavy atom. The van der Waals surface area contributed by atoms with Crippen LogP contribution in [0.4, 0.5) is 0 Å². The molecule has 0 aromatic heterocycles. The molecule has 1 fully saturated rings. The number of ketones is 1. The molecule has 0 unspecified atom stereocenters. The molecule has 0 amide bonds. The molecule has 4 heteroatoms. The van der Waals surface area contributed by atoms with Crippen LogP contribution < -0.4 is 4.74 Å². The van der Waals surface area contributed by atoms with Gasteiger partial charge in [-0.1, -0.05) is 12.1 Å². The van der Waals surface area contributed by atoms with E-state index in [-0.39, 0.29) is 12.6 Å². The Kier molecular flexibility index (Phi) is 2.83. The summed E-state index contributed by atoms with van der Waals surface area (Å²) in [5, 5.41) is 0. The van der Waals surface area contributed by atoms with E-state index in [1.807, 2.05) is 30.3 Å². The van der Waals surface area contributed by atoms with Crippen LogP contribution in [0.2, 0.25) is 0 Å². The van der Waals surface area contributed by atoms with Crippen LogP contribution in [0.25, 0.3) is 6.08 Å². The molecule has 0 bridgehead atoms. The summed E-state index contributed by atoms with van der Waals surface area (Å²) in [6.45, 7) is 0.167. The van der Waals surface area contributed by atoms with Gasteiger partial charge in [-0.25, -0.2) is 0 Å². The fourth-order valence-corrected chi connectivity index (χ4v) is 1.93. The Balaban J connectivity index is 1.91. The molecule has 0 N–H and O–H groups in total. The Morgan fingerprint density at radius 2 is 1.79 bits per heavy atom. The van der Waals surface area contributed by atoms with E-state index in [0.717, 1.165) is 11.3 Å². The number of carbonyl (C=O) groups excluding carboxylic acids is 1. The van der Waals surface area contributed by atoms with Crippen molar-refractivity contribution in [1.29, 1.82) is 0 Å². The number of fused-ring (bicyclic) bond motifs is 1. The van der Waals surface area contributed by atoms with Crippen LogP contribution in [0.1, 0.15) is 5.56 Å². The van der Waals surface area contributed by atoms with Crippen LogP contribution in [0.3, 0.4) is 0 Å². The highest BCUT2D eigenvalue weighted by atomic mass is 16.7. The summed E-state index contributed by atoms with van der Waals surface area (Å²) >= 11 is 0. The third-order valence-electron chi connectivity index (χ3n) is 2.94. The number of ether oxygens (including phenoxy) is 3. The van der Waals surface area contributed by atoms with E-state index in [0.29, 0.717) is 17.1 Å². The first-order valence-corrected chi connectivity index (χ1v) is 5.86. The highest BCUT2D eigenvalue weighted by Crippen LogP contribution is 2.28. The lowest BCUT2D eigenvalue weighted by Gasteiger charge is -2.07. The van der Waals surface area contributed by atoms with Crippen LogP contribution in [0, 0.1) is 0 Å². The van der Waals surface area contributed by atoms with E-state index in [1.54, 1.807) is 13.2 Å². The molecule has 0 atom stereocenters. The molecule has 3 rings (SSSR count). The highest BCUT2D eigenvalue weighted by Gasteiger charge is 2.24. The van der Waals surface area contributed by atoms with Crippen molar-refractivity contribution < 1.29 is 19.0 Å². The van der Waals surface area contributed by atoms with E-state index in [9.17, 15) is 4.79 Å². The lowest BCUT2D eigenvalue weighted by atomic mass is 10.0. The maximum absolute atomic E-state index is 11.9. The quantitative estimate of drug-likeness (QED) is 0.762. The van der Waals surface area contributed by atoms with Gasteiger partial charge in [0.05, 0.1) is 7.11 Å². The van der Waals surface area contributed by atoms with Gasteiger partial charge in [0.25, 0.3) is 0 Å². The molecule has 1 aromatic carbocycles. The van der Waals surface area contributed by atoms with Gasteiger partial charge in [0, 0.05) is 11.6 Å². The topological polar surface area (TPSA) is 44.8 Å². The largest absolute Gasteiger partial charge is 0.497 e. The van der Waals surface area contributed by atoms with Gasteiger partial charge in [-0.2, -0.15) is 0 Å². The first kappa shape index (κ1) is 11.6. The lowest BCUT2D eigenvalue weighted by Crippen LogP contribution is -2.04. The minimum atomic E-state index is -0.0833. The van der Waals surface area contributed by atoms with Crippen molar-refractivity contribution in [3.63, 3.8) is 0 Å². The average Bonchev–Trinajstić information content (AvgIpc) is 2.87. The number of allylic oxidation sites excluding steroid dienone is 3. The number of methoxy groups -OCH3 is 1. The highest BCUT2D eigenvalue weighted by molar-refractivity contribution is 6.11. The molecule has 4 nitrogen and oxygen atoms in total. The van der Waals surface area contributed by atoms with Crippen LogP contribution in [0.5, 0.6) is 5.75 Å². The number of rotatable bonds is 2. The molecule has 19 heavy (non-hydrogen) atoms. The number of hydrogen-bond acceptors (Lipinski definition) is 4. The van der Waals surface area contributed by atoms with Crippen LogP contribution >= 0.6 is 0 Å². The van der Waals surface area contributed by atoms with Crippen LogP contribution in [-0.2, 0) is 14.3 Å². The molecule has 0 spiro atoms. The normalized spacial score (nSPS) is 19.2. The van der Waals surface area contributed by atoms with Crippen molar-refractivity contribution in [1.82, 2.24) is 0 Å². The van der Waals surface area contributed by atoms with Crippen molar-refractivity contribution in [3.05, 3.63) is 59.1 Å². The molecule has 0 radical (unpaired) electrons. The molecule has 1 heterocycles. The zero-order chi connectivity index (χ0) is 13.2. The van der Waals surface area contributed by atoms with Gasteiger partial charge in [-0.3, -0.25) is 4.79 Å². The second-order valence-electron chi connectivity index (χ2n) is 4.16.